The lowest BCUT2D eigenvalue weighted by Gasteiger charge is -2.11. The van der Waals surface area contributed by atoms with Gasteiger partial charge in [0.2, 0.25) is 5.91 Å². The van der Waals surface area contributed by atoms with E-state index in [4.69, 9.17) is 10.00 Å². The number of hydrogen-bond donors (Lipinski definition) is 1. The van der Waals surface area contributed by atoms with Crippen LogP contribution in [0, 0.1) is 11.3 Å². The molecule has 9 heteroatoms. The number of methoxy groups -OCH3 is 1. The molecule has 0 saturated heterocycles. The van der Waals surface area contributed by atoms with Crippen molar-refractivity contribution in [2.45, 2.75) is 36.4 Å². The number of nitrogens with one attached hydrogen (secondary N) is 1. The number of aromatic nitrogens is 3. The second kappa shape index (κ2) is 12.2. The van der Waals surface area contributed by atoms with Crippen molar-refractivity contribution in [2.24, 2.45) is 0 Å². The van der Waals surface area contributed by atoms with E-state index in [0.717, 1.165) is 41.4 Å². The summed E-state index contributed by atoms with van der Waals surface area (Å²) >= 11 is 2.77. The van der Waals surface area contributed by atoms with Gasteiger partial charge in [-0.05, 0) is 42.8 Å². The lowest BCUT2D eigenvalue weighted by atomic mass is 10.2. The van der Waals surface area contributed by atoms with Gasteiger partial charge in [-0.2, -0.15) is 5.26 Å². The number of unbranched alkanes of at least 4 members (excludes halogenated alkanes) is 1. The summed E-state index contributed by atoms with van der Waals surface area (Å²) in [5, 5.41) is 21.2. The minimum absolute atomic E-state index is 0.129. The average Bonchev–Trinajstić information content (AvgIpc) is 3.23. The summed E-state index contributed by atoms with van der Waals surface area (Å²) in [6, 6.07) is 17.3. The molecular formula is C23H25N5O2S2. The fourth-order valence-electron chi connectivity index (χ4n) is 2.99. The number of amides is 1. The van der Waals surface area contributed by atoms with Gasteiger partial charge in [-0.15, -0.1) is 22.0 Å². The SMILES string of the molecule is CCCCn1c(SCC(=O)Nc2ccccc2SCC#N)nnc1-c1ccc(OC)cc1. The second-order valence-electron chi connectivity index (χ2n) is 6.82. The van der Waals surface area contributed by atoms with Crippen LogP contribution in [-0.2, 0) is 11.3 Å². The van der Waals surface area contributed by atoms with Gasteiger partial charge in [0.15, 0.2) is 11.0 Å². The quantitative estimate of drug-likeness (QED) is 0.392. The van der Waals surface area contributed by atoms with E-state index in [-0.39, 0.29) is 11.7 Å². The number of benzene rings is 2. The van der Waals surface area contributed by atoms with E-state index in [1.807, 2.05) is 48.5 Å². The molecule has 0 aliphatic rings. The first-order valence-electron chi connectivity index (χ1n) is 10.2. The van der Waals surface area contributed by atoms with E-state index in [0.29, 0.717) is 16.6 Å². The van der Waals surface area contributed by atoms with Gasteiger partial charge >= 0.3 is 0 Å². The first kappa shape index (κ1) is 23.7. The molecule has 7 nitrogen and oxygen atoms in total. The Bertz CT molecular complexity index is 1080. The lowest BCUT2D eigenvalue weighted by molar-refractivity contribution is -0.113. The third kappa shape index (κ3) is 6.28. The van der Waals surface area contributed by atoms with Crippen LogP contribution >= 0.6 is 23.5 Å². The van der Waals surface area contributed by atoms with Gasteiger partial charge in [0.1, 0.15) is 5.75 Å². The molecule has 3 aromatic rings. The minimum atomic E-state index is -0.129. The van der Waals surface area contributed by atoms with Gasteiger partial charge in [0.05, 0.1) is 30.4 Å². The summed E-state index contributed by atoms with van der Waals surface area (Å²) in [6.07, 6.45) is 2.03. The molecule has 0 radical (unpaired) electrons. The fourth-order valence-corrected chi connectivity index (χ4v) is 4.42. The van der Waals surface area contributed by atoms with Crippen molar-refractivity contribution in [3.63, 3.8) is 0 Å². The molecule has 32 heavy (non-hydrogen) atoms. The van der Waals surface area contributed by atoms with Crippen LogP contribution in [0.3, 0.4) is 0 Å². The molecule has 1 aromatic heterocycles. The van der Waals surface area contributed by atoms with Crippen molar-refractivity contribution in [1.82, 2.24) is 14.8 Å². The number of rotatable bonds is 11. The number of carbonyl (C=O) groups is 1. The first-order valence-corrected chi connectivity index (χ1v) is 12.2. The van der Waals surface area contributed by atoms with Crippen LogP contribution in [0.4, 0.5) is 5.69 Å². The molecule has 0 aliphatic heterocycles. The zero-order chi connectivity index (χ0) is 22.8. The fraction of sp³-hybridized carbons (Fsp3) is 0.304. The van der Waals surface area contributed by atoms with Gasteiger partial charge in [0, 0.05) is 17.0 Å². The van der Waals surface area contributed by atoms with Crippen molar-refractivity contribution in [3.05, 3.63) is 48.5 Å². The minimum Gasteiger partial charge on any atom is -0.497 e. The van der Waals surface area contributed by atoms with E-state index in [1.165, 1.54) is 23.5 Å². The number of nitriles is 1. The summed E-state index contributed by atoms with van der Waals surface area (Å²) in [5.41, 5.74) is 1.67. The van der Waals surface area contributed by atoms with Crippen molar-refractivity contribution in [3.8, 4) is 23.2 Å². The zero-order valence-electron chi connectivity index (χ0n) is 18.1. The van der Waals surface area contributed by atoms with Crippen LogP contribution in [0.2, 0.25) is 0 Å². The third-order valence-electron chi connectivity index (χ3n) is 4.59. The Hall–Kier alpha value is -2.96. The Morgan fingerprint density at radius 1 is 1.16 bits per heavy atom. The van der Waals surface area contributed by atoms with E-state index in [1.54, 1.807) is 7.11 Å². The molecule has 0 spiro atoms. The highest BCUT2D eigenvalue weighted by molar-refractivity contribution is 8.00. The molecule has 0 atom stereocenters. The third-order valence-corrected chi connectivity index (χ3v) is 6.49. The van der Waals surface area contributed by atoms with Crippen LogP contribution in [0.5, 0.6) is 5.75 Å². The number of ether oxygens (including phenoxy) is 1. The average molecular weight is 468 g/mol. The van der Waals surface area contributed by atoms with Crippen LogP contribution in [0.25, 0.3) is 11.4 Å². The van der Waals surface area contributed by atoms with Gasteiger partial charge in [-0.1, -0.05) is 37.2 Å². The predicted molar refractivity (Wildman–Crippen MR) is 129 cm³/mol. The van der Waals surface area contributed by atoms with E-state index in [2.05, 4.69) is 33.1 Å². The van der Waals surface area contributed by atoms with Gasteiger partial charge in [0.25, 0.3) is 0 Å². The van der Waals surface area contributed by atoms with Crippen molar-refractivity contribution in [1.29, 1.82) is 5.26 Å². The number of hydrogen-bond acceptors (Lipinski definition) is 7. The molecule has 1 amide bonds. The Balaban J connectivity index is 1.71. The van der Waals surface area contributed by atoms with E-state index < -0.39 is 0 Å². The number of para-hydroxylation sites is 1. The smallest absolute Gasteiger partial charge is 0.234 e. The summed E-state index contributed by atoms with van der Waals surface area (Å²) in [4.78, 5) is 13.5. The van der Waals surface area contributed by atoms with Crippen molar-refractivity contribution in [2.75, 3.05) is 23.9 Å². The molecule has 1 heterocycles. The van der Waals surface area contributed by atoms with Gasteiger partial charge < -0.3 is 14.6 Å². The highest BCUT2D eigenvalue weighted by Crippen LogP contribution is 2.28. The molecule has 2 aromatic carbocycles. The molecule has 0 bridgehead atoms. The highest BCUT2D eigenvalue weighted by Gasteiger charge is 2.16. The van der Waals surface area contributed by atoms with E-state index >= 15 is 0 Å². The number of anilines is 1. The Morgan fingerprint density at radius 2 is 1.94 bits per heavy atom. The molecule has 166 valence electrons. The van der Waals surface area contributed by atoms with Crippen LogP contribution in [0.15, 0.2) is 58.6 Å². The zero-order valence-corrected chi connectivity index (χ0v) is 19.7. The Kier molecular flexibility index (Phi) is 9.01. The van der Waals surface area contributed by atoms with Crippen molar-refractivity contribution < 1.29 is 9.53 Å². The Labute approximate surface area is 196 Å². The largest absolute Gasteiger partial charge is 0.497 e. The first-order chi connectivity index (χ1) is 15.7. The second-order valence-corrected chi connectivity index (χ2v) is 8.78. The molecule has 0 saturated carbocycles. The molecule has 0 fully saturated rings. The maximum Gasteiger partial charge on any atom is 0.234 e. The molecular weight excluding hydrogens is 442 g/mol. The topological polar surface area (TPSA) is 92.8 Å². The molecule has 3 rings (SSSR count). The number of nitrogens with zero attached hydrogens (tertiary/aromatic N) is 4. The monoisotopic (exact) mass is 467 g/mol. The lowest BCUT2D eigenvalue weighted by Crippen LogP contribution is -2.15. The number of carbonyl (C=O) groups excluding carboxylic acids is 1. The van der Waals surface area contributed by atoms with E-state index in [9.17, 15) is 4.79 Å². The molecule has 0 aliphatic carbocycles. The Morgan fingerprint density at radius 3 is 2.66 bits per heavy atom. The van der Waals surface area contributed by atoms with Crippen molar-refractivity contribution >= 4 is 35.1 Å². The molecule has 1 N–H and O–H groups in total. The van der Waals surface area contributed by atoms with Gasteiger partial charge in [-0.25, -0.2) is 0 Å². The van der Waals surface area contributed by atoms with Crippen LogP contribution in [0.1, 0.15) is 19.8 Å². The standard InChI is InChI=1S/C23H25N5O2S2/c1-3-4-14-28-22(17-9-11-18(30-2)12-10-17)26-27-23(28)32-16-21(29)25-19-7-5-6-8-20(19)31-15-13-24/h5-12H,3-4,14-16H2,1-2H3,(H,25,29). The van der Waals surface area contributed by atoms with Crippen LogP contribution < -0.4 is 10.1 Å². The van der Waals surface area contributed by atoms with Crippen LogP contribution in [-0.4, -0.2) is 39.3 Å². The maximum absolute atomic E-state index is 12.6. The summed E-state index contributed by atoms with van der Waals surface area (Å²) < 4.78 is 7.31. The highest BCUT2D eigenvalue weighted by atomic mass is 32.2. The maximum atomic E-state index is 12.6. The van der Waals surface area contributed by atoms with Gasteiger partial charge in [-0.3, -0.25) is 4.79 Å². The predicted octanol–water partition coefficient (Wildman–Crippen LogP) is 5.10. The summed E-state index contributed by atoms with van der Waals surface area (Å²) in [5.74, 6) is 1.98. The molecule has 0 unspecified atom stereocenters. The normalized spacial score (nSPS) is 10.5. The number of thioether (sulfide) groups is 2. The summed E-state index contributed by atoms with van der Waals surface area (Å²) in [6.45, 7) is 2.92. The summed E-state index contributed by atoms with van der Waals surface area (Å²) in [7, 11) is 1.64.